The Hall–Kier alpha value is -3.85. The highest BCUT2D eigenvalue weighted by Gasteiger charge is 2.17. The van der Waals surface area contributed by atoms with Crippen LogP contribution < -0.4 is 10.7 Å². The number of hydrogen-bond acceptors (Lipinski definition) is 7. The minimum Gasteiger partial charge on any atom is -0.462 e. The van der Waals surface area contributed by atoms with Gasteiger partial charge < -0.3 is 4.74 Å². The fourth-order valence-electron chi connectivity index (χ4n) is 2.95. The molecule has 0 bridgehead atoms. The van der Waals surface area contributed by atoms with Gasteiger partial charge in [-0.25, -0.2) is 14.5 Å². The Kier molecular flexibility index (Phi) is 5.59. The zero-order valence-corrected chi connectivity index (χ0v) is 17.6. The lowest BCUT2D eigenvalue weighted by atomic mass is 10.2. The summed E-state index contributed by atoms with van der Waals surface area (Å²) < 4.78 is 7.19. The van der Waals surface area contributed by atoms with Crippen LogP contribution in [0.1, 0.15) is 33.3 Å². The first-order valence-electron chi connectivity index (χ1n) is 9.50. The third kappa shape index (κ3) is 4.36. The topological polar surface area (TPSA) is 103 Å². The molecule has 0 fully saturated rings. The highest BCUT2D eigenvalue weighted by Crippen LogP contribution is 2.27. The van der Waals surface area contributed by atoms with Crippen molar-refractivity contribution in [3.8, 4) is 5.69 Å². The van der Waals surface area contributed by atoms with E-state index in [4.69, 9.17) is 4.74 Å². The number of aromatic nitrogens is 3. The van der Waals surface area contributed by atoms with E-state index in [2.05, 4.69) is 15.4 Å². The SMILES string of the molecule is CCOC(=O)c1ccc2nc(NC(=O)c3nn(-c4cccc(C)c4)ccc3=O)sc2c1. The first-order chi connectivity index (χ1) is 14.9. The van der Waals surface area contributed by atoms with Gasteiger partial charge in [0.25, 0.3) is 5.91 Å². The third-order valence-electron chi connectivity index (χ3n) is 4.41. The quantitative estimate of drug-likeness (QED) is 0.482. The van der Waals surface area contributed by atoms with Gasteiger partial charge in [-0.2, -0.15) is 5.10 Å². The molecule has 0 atom stereocenters. The summed E-state index contributed by atoms with van der Waals surface area (Å²) in [6.45, 7) is 3.96. The lowest BCUT2D eigenvalue weighted by molar-refractivity contribution is 0.0526. The summed E-state index contributed by atoms with van der Waals surface area (Å²) in [6.07, 6.45) is 1.52. The molecule has 0 aliphatic heterocycles. The molecular formula is C22H18N4O4S. The van der Waals surface area contributed by atoms with Crippen molar-refractivity contribution in [2.45, 2.75) is 13.8 Å². The second-order valence-electron chi connectivity index (χ2n) is 6.69. The van der Waals surface area contributed by atoms with Crippen LogP contribution in [0.2, 0.25) is 0 Å². The fourth-order valence-corrected chi connectivity index (χ4v) is 3.86. The van der Waals surface area contributed by atoms with Crippen LogP contribution in [-0.2, 0) is 4.74 Å². The summed E-state index contributed by atoms with van der Waals surface area (Å²) in [4.78, 5) is 41.2. The summed E-state index contributed by atoms with van der Waals surface area (Å²) >= 11 is 1.19. The van der Waals surface area contributed by atoms with Crippen molar-refractivity contribution in [2.75, 3.05) is 11.9 Å². The molecule has 1 amide bonds. The molecule has 0 saturated heterocycles. The lowest BCUT2D eigenvalue weighted by Gasteiger charge is -2.07. The number of thiazole rings is 1. The molecule has 0 saturated carbocycles. The van der Waals surface area contributed by atoms with Gasteiger partial charge in [-0.15, -0.1) is 0 Å². The average Bonchev–Trinajstić information content (AvgIpc) is 3.15. The number of ether oxygens (including phenoxy) is 1. The zero-order chi connectivity index (χ0) is 22.0. The van der Waals surface area contributed by atoms with Gasteiger partial charge in [-0.1, -0.05) is 23.5 Å². The monoisotopic (exact) mass is 434 g/mol. The van der Waals surface area contributed by atoms with Crippen LogP contribution in [0.25, 0.3) is 15.9 Å². The number of carbonyl (C=O) groups excluding carboxylic acids is 2. The zero-order valence-electron chi connectivity index (χ0n) is 16.8. The second-order valence-corrected chi connectivity index (χ2v) is 7.72. The molecule has 2 heterocycles. The maximum Gasteiger partial charge on any atom is 0.338 e. The minimum absolute atomic E-state index is 0.240. The van der Waals surface area contributed by atoms with Gasteiger partial charge in [0.15, 0.2) is 10.8 Å². The Morgan fingerprint density at radius 1 is 1.16 bits per heavy atom. The van der Waals surface area contributed by atoms with E-state index in [9.17, 15) is 14.4 Å². The van der Waals surface area contributed by atoms with Crippen LogP contribution in [0.4, 0.5) is 5.13 Å². The van der Waals surface area contributed by atoms with E-state index in [1.807, 2.05) is 31.2 Å². The summed E-state index contributed by atoms with van der Waals surface area (Å²) in [7, 11) is 0. The van der Waals surface area contributed by atoms with E-state index in [0.29, 0.717) is 20.9 Å². The minimum atomic E-state index is -0.656. The third-order valence-corrected chi connectivity index (χ3v) is 5.34. The lowest BCUT2D eigenvalue weighted by Crippen LogP contribution is -2.25. The molecule has 0 radical (unpaired) electrons. The summed E-state index contributed by atoms with van der Waals surface area (Å²) in [6, 6.07) is 13.8. The van der Waals surface area contributed by atoms with Gasteiger partial charge in [0.1, 0.15) is 0 Å². The first kappa shape index (κ1) is 20.4. The van der Waals surface area contributed by atoms with Gasteiger partial charge in [-0.3, -0.25) is 14.9 Å². The first-order valence-corrected chi connectivity index (χ1v) is 10.3. The number of carbonyl (C=O) groups is 2. The standard InChI is InChI=1S/C22H18N4O4S/c1-3-30-21(29)14-7-8-16-18(12-14)31-22(23-16)24-20(28)19-17(27)9-10-26(25-19)15-6-4-5-13(2)11-15/h4-12H,3H2,1-2H3,(H,23,24,28). The van der Waals surface area contributed by atoms with Gasteiger partial charge in [0, 0.05) is 12.3 Å². The molecule has 1 N–H and O–H groups in total. The smallest absolute Gasteiger partial charge is 0.338 e. The Labute approximate surface area is 181 Å². The molecule has 4 aromatic rings. The largest absolute Gasteiger partial charge is 0.462 e. The fraction of sp³-hybridized carbons (Fsp3) is 0.136. The molecule has 2 aromatic heterocycles. The molecule has 9 heteroatoms. The predicted octanol–water partition coefficient (Wildman–Crippen LogP) is 3.58. The van der Waals surface area contributed by atoms with E-state index in [0.717, 1.165) is 11.3 Å². The molecule has 0 aliphatic rings. The summed E-state index contributed by atoms with van der Waals surface area (Å²) in [5.41, 5.74) is 2.05. The molecule has 0 spiro atoms. The van der Waals surface area contributed by atoms with Crippen molar-refractivity contribution in [1.29, 1.82) is 0 Å². The van der Waals surface area contributed by atoms with E-state index >= 15 is 0 Å². The van der Waals surface area contributed by atoms with Crippen LogP contribution in [0, 0.1) is 6.92 Å². The van der Waals surface area contributed by atoms with E-state index in [1.54, 1.807) is 25.1 Å². The van der Waals surface area contributed by atoms with Crippen molar-refractivity contribution in [3.05, 3.63) is 81.8 Å². The maximum absolute atomic E-state index is 12.7. The maximum atomic E-state index is 12.7. The highest BCUT2D eigenvalue weighted by atomic mass is 32.1. The Bertz CT molecular complexity index is 1360. The number of benzene rings is 2. The van der Waals surface area contributed by atoms with Gasteiger partial charge in [0.05, 0.1) is 28.1 Å². The number of nitrogens with one attached hydrogen (secondary N) is 1. The van der Waals surface area contributed by atoms with Crippen LogP contribution in [0.5, 0.6) is 0 Å². The number of hydrogen-bond donors (Lipinski definition) is 1. The Morgan fingerprint density at radius 3 is 2.77 bits per heavy atom. The predicted molar refractivity (Wildman–Crippen MR) is 118 cm³/mol. The van der Waals surface area contributed by atoms with E-state index in [-0.39, 0.29) is 12.3 Å². The van der Waals surface area contributed by atoms with Crippen LogP contribution in [-0.4, -0.2) is 33.2 Å². The summed E-state index contributed by atoms with van der Waals surface area (Å²) in [5, 5.41) is 7.13. The Morgan fingerprint density at radius 2 is 2.00 bits per heavy atom. The average molecular weight is 434 g/mol. The van der Waals surface area contributed by atoms with Crippen LogP contribution >= 0.6 is 11.3 Å². The van der Waals surface area contributed by atoms with Gasteiger partial charge in [0.2, 0.25) is 5.43 Å². The number of amides is 1. The number of rotatable bonds is 5. The van der Waals surface area contributed by atoms with E-state index in [1.165, 1.54) is 28.3 Å². The van der Waals surface area contributed by atoms with Crippen LogP contribution in [0.15, 0.2) is 59.5 Å². The normalized spacial score (nSPS) is 10.8. The number of aryl methyl sites for hydroxylation is 1. The molecule has 2 aromatic carbocycles. The number of nitrogens with zero attached hydrogens (tertiary/aromatic N) is 3. The highest BCUT2D eigenvalue weighted by molar-refractivity contribution is 7.22. The molecule has 156 valence electrons. The van der Waals surface area contributed by atoms with Crippen molar-refractivity contribution in [1.82, 2.24) is 14.8 Å². The number of esters is 1. The molecule has 0 aliphatic carbocycles. The second kappa shape index (κ2) is 8.49. The van der Waals surface area contributed by atoms with Crippen molar-refractivity contribution in [3.63, 3.8) is 0 Å². The Balaban J connectivity index is 1.60. The summed E-state index contributed by atoms with van der Waals surface area (Å²) in [5.74, 6) is -1.08. The van der Waals surface area contributed by atoms with Crippen molar-refractivity contribution < 1.29 is 14.3 Å². The van der Waals surface area contributed by atoms with Crippen LogP contribution in [0.3, 0.4) is 0 Å². The number of fused-ring (bicyclic) bond motifs is 1. The molecule has 31 heavy (non-hydrogen) atoms. The molecular weight excluding hydrogens is 416 g/mol. The van der Waals surface area contributed by atoms with E-state index < -0.39 is 17.3 Å². The van der Waals surface area contributed by atoms with Gasteiger partial charge in [-0.05, 0) is 49.7 Å². The molecule has 0 unspecified atom stereocenters. The van der Waals surface area contributed by atoms with Crippen molar-refractivity contribution >= 4 is 38.6 Å². The van der Waals surface area contributed by atoms with Crippen molar-refractivity contribution in [2.24, 2.45) is 0 Å². The van der Waals surface area contributed by atoms with Gasteiger partial charge >= 0.3 is 5.97 Å². The molecule has 4 rings (SSSR count). The molecule has 8 nitrogen and oxygen atoms in total. The number of anilines is 1.